The van der Waals surface area contributed by atoms with Crippen LogP contribution in [-0.4, -0.2) is 71.1 Å². The van der Waals surface area contributed by atoms with E-state index < -0.39 is 5.41 Å². The van der Waals surface area contributed by atoms with Crippen molar-refractivity contribution in [3.05, 3.63) is 18.2 Å². The summed E-state index contributed by atoms with van der Waals surface area (Å²) in [6.45, 7) is 3.03. The lowest BCUT2D eigenvalue weighted by Crippen LogP contribution is -2.41. The fourth-order valence-corrected chi connectivity index (χ4v) is 4.40. The van der Waals surface area contributed by atoms with Crippen LogP contribution in [0.15, 0.2) is 12.5 Å². The van der Waals surface area contributed by atoms with Crippen LogP contribution in [0.1, 0.15) is 30.9 Å². The highest BCUT2D eigenvalue weighted by Gasteiger charge is 2.59. The summed E-state index contributed by atoms with van der Waals surface area (Å²) < 4.78 is 7.06. The van der Waals surface area contributed by atoms with E-state index in [2.05, 4.69) is 4.98 Å². The smallest absolute Gasteiger partial charge is 0.231 e. The van der Waals surface area contributed by atoms with Crippen LogP contribution < -0.4 is 0 Å². The van der Waals surface area contributed by atoms with Gasteiger partial charge in [-0.15, -0.1) is 0 Å². The molecule has 3 heterocycles. The highest BCUT2D eigenvalue weighted by atomic mass is 16.5. The molecule has 1 saturated carbocycles. The summed E-state index contributed by atoms with van der Waals surface area (Å²) in [6.07, 6.45) is 6.53. The number of aryl methyl sites for hydroxylation is 1. The quantitative estimate of drug-likeness (QED) is 0.784. The van der Waals surface area contributed by atoms with E-state index in [1.54, 1.807) is 13.4 Å². The van der Waals surface area contributed by atoms with Crippen molar-refractivity contribution in [1.82, 2.24) is 19.4 Å². The van der Waals surface area contributed by atoms with Crippen molar-refractivity contribution < 1.29 is 14.3 Å². The van der Waals surface area contributed by atoms with E-state index in [0.29, 0.717) is 26.2 Å². The third-order valence-corrected chi connectivity index (χ3v) is 5.97. The van der Waals surface area contributed by atoms with Gasteiger partial charge in [0.2, 0.25) is 11.8 Å². The van der Waals surface area contributed by atoms with E-state index in [-0.39, 0.29) is 23.7 Å². The Morgan fingerprint density at radius 2 is 2.24 bits per heavy atom. The number of ether oxygens (including phenoxy) is 1. The second-order valence-corrected chi connectivity index (χ2v) is 7.70. The predicted octanol–water partition coefficient (Wildman–Crippen LogP) is 0.621. The van der Waals surface area contributed by atoms with Gasteiger partial charge in [0.1, 0.15) is 0 Å². The van der Waals surface area contributed by atoms with E-state index in [9.17, 15) is 9.59 Å². The van der Waals surface area contributed by atoms with Crippen LogP contribution in [0.5, 0.6) is 0 Å². The zero-order chi connectivity index (χ0) is 17.6. The third-order valence-electron chi connectivity index (χ3n) is 5.97. The number of carbonyl (C=O) groups excluding carboxylic acids is 2. The Kier molecular flexibility index (Phi) is 4.06. The molecule has 1 aliphatic carbocycles. The van der Waals surface area contributed by atoms with Crippen molar-refractivity contribution in [2.45, 2.75) is 25.2 Å². The molecule has 3 fully saturated rings. The summed E-state index contributed by atoms with van der Waals surface area (Å²) in [4.78, 5) is 34.3. The molecule has 1 aromatic rings. The van der Waals surface area contributed by atoms with Crippen LogP contribution in [0.25, 0.3) is 0 Å². The van der Waals surface area contributed by atoms with Crippen LogP contribution in [0.4, 0.5) is 0 Å². The molecule has 7 nitrogen and oxygen atoms in total. The first-order chi connectivity index (χ1) is 12.0. The van der Waals surface area contributed by atoms with Gasteiger partial charge in [-0.2, -0.15) is 0 Å². The Bertz CT molecular complexity index is 684. The molecule has 2 aliphatic heterocycles. The average molecular weight is 346 g/mol. The van der Waals surface area contributed by atoms with Crippen LogP contribution in [0, 0.1) is 11.3 Å². The average Bonchev–Trinajstić information content (AvgIpc) is 3.15. The number of likely N-dealkylation sites (tertiary alicyclic amines) is 2. The molecule has 0 bridgehead atoms. The molecule has 0 unspecified atom stereocenters. The third kappa shape index (κ3) is 2.74. The molecular weight excluding hydrogens is 320 g/mol. The second-order valence-electron chi connectivity index (χ2n) is 7.70. The number of nitrogens with zero attached hydrogens (tertiary/aromatic N) is 4. The normalized spacial score (nSPS) is 29.2. The second kappa shape index (κ2) is 6.12. The number of rotatable bonds is 5. The summed E-state index contributed by atoms with van der Waals surface area (Å²) in [5.74, 6) is 0.546. The van der Waals surface area contributed by atoms with Crippen LogP contribution in [0.2, 0.25) is 0 Å². The van der Waals surface area contributed by atoms with Crippen molar-refractivity contribution in [3.63, 3.8) is 0 Å². The van der Waals surface area contributed by atoms with E-state index in [1.165, 1.54) is 0 Å². The molecule has 0 N–H and O–H groups in total. The maximum absolute atomic E-state index is 13.3. The maximum atomic E-state index is 13.3. The lowest BCUT2D eigenvalue weighted by Gasteiger charge is -2.27. The number of amides is 2. The van der Waals surface area contributed by atoms with Gasteiger partial charge in [-0.25, -0.2) is 4.98 Å². The van der Waals surface area contributed by atoms with E-state index in [1.807, 2.05) is 27.6 Å². The summed E-state index contributed by atoms with van der Waals surface area (Å²) in [7, 11) is 3.59. The number of aromatic nitrogens is 2. The molecule has 4 rings (SSSR count). The zero-order valence-electron chi connectivity index (χ0n) is 15.0. The van der Waals surface area contributed by atoms with Crippen molar-refractivity contribution in [3.8, 4) is 0 Å². The van der Waals surface area contributed by atoms with E-state index in [0.717, 1.165) is 31.5 Å². The minimum atomic E-state index is -0.521. The SMILES string of the molecule is COCCN1CC[C@]2(CN(C(=O)C3CC3)C[C@@H]2c2cn(C)cn2)C1=O. The lowest BCUT2D eigenvalue weighted by atomic mass is 9.75. The molecular formula is C18H26N4O3. The molecule has 0 aromatic carbocycles. The maximum Gasteiger partial charge on any atom is 0.231 e. The van der Waals surface area contributed by atoms with Crippen molar-refractivity contribution >= 4 is 11.8 Å². The van der Waals surface area contributed by atoms with Crippen LogP contribution >= 0.6 is 0 Å². The molecule has 2 atom stereocenters. The molecule has 2 amide bonds. The first kappa shape index (κ1) is 16.6. The monoisotopic (exact) mass is 346 g/mol. The van der Waals surface area contributed by atoms with Gasteiger partial charge in [0.25, 0.3) is 0 Å². The number of carbonyl (C=O) groups is 2. The number of hydrogen-bond donors (Lipinski definition) is 0. The van der Waals surface area contributed by atoms with Crippen molar-refractivity contribution in [1.29, 1.82) is 0 Å². The fourth-order valence-electron chi connectivity index (χ4n) is 4.40. The number of hydrogen-bond acceptors (Lipinski definition) is 4. The zero-order valence-corrected chi connectivity index (χ0v) is 15.0. The van der Waals surface area contributed by atoms with Gasteiger partial charge in [-0.1, -0.05) is 0 Å². The topological polar surface area (TPSA) is 67.7 Å². The van der Waals surface area contributed by atoms with Gasteiger partial charge >= 0.3 is 0 Å². The molecule has 136 valence electrons. The Morgan fingerprint density at radius 3 is 2.88 bits per heavy atom. The summed E-state index contributed by atoms with van der Waals surface area (Å²) in [5.41, 5.74) is 0.405. The van der Waals surface area contributed by atoms with Crippen molar-refractivity contribution in [2.24, 2.45) is 18.4 Å². The van der Waals surface area contributed by atoms with Gasteiger partial charge in [0.05, 0.1) is 24.0 Å². The Hall–Kier alpha value is -1.89. The predicted molar refractivity (Wildman–Crippen MR) is 90.8 cm³/mol. The minimum absolute atomic E-state index is 0.0172. The van der Waals surface area contributed by atoms with Gasteiger partial charge in [-0.3, -0.25) is 9.59 Å². The fraction of sp³-hybridized carbons (Fsp3) is 0.722. The Morgan fingerprint density at radius 1 is 1.44 bits per heavy atom. The summed E-state index contributed by atoms with van der Waals surface area (Å²) in [6, 6.07) is 0. The Balaban J connectivity index is 1.62. The molecule has 1 spiro atoms. The largest absolute Gasteiger partial charge is 0.383 e. The molecule has 0 radical (unpaired) electrons. The summed E-state index contributed by atoms with van der Waals surface area (Å²) in [5, 5.41) is 0. The van der Waals surface area contributed by atoms with Gasteiger partial charge < -0.3 is 19.1 Å². The van der Waals surface area contributed by atoms with Crippen molar-refractivity contribution in [2.75, 3.05) is 39.9 Å². The number of methoxy groups -OCH3 is 1. The van der Waals surface area contributed by atoms with Gasteiger partial charge in [0.15, 0.2) is 0 Å². The highest BCUT2D eigenvalue weighted by Crippen LogP contribution is 2.50. The minimum Gasteiger partial charge on any atom is -0.383 e. The van der Waals surface area contributed by atoms with Gasteiger partial charge in [-0.05, 0) is 19.3 Å². The van der Waals surface area contributed by atoms with Crippen LogP contribution in [-0.2, 0) is 21.4 Å². The molecule has 3 aliphatic rings. The standard InChI is InChI=1S/C18H26N4O3/c1-20-10-15(19-12-20)14-9-22(16(23)13-3-4-13)11-18(14)5-6-21(17(18)24)7-8-25-2/h10,12-14H,3-9,11H2,1-2H3/t14-,18-/m1/s1. The Labute approximate surface area is 147 Å². The summed E-state index contributed by atoms with van der Waals surface area (Å²) >= 11 is 0. The first-order valence-electron chi connectivity index (χ1n) is 9.10. The lowest BCUT2D eigenvalue weighted by molar-refractivity contribution is -0.137. The van der Waals surface area contributed by atoms with Crippen LogP contribution in [0.3, 0.4) is 0 Å². The molecule has 2 saturated heterocycles. The molecule has 25 heavy (non-hydrogen) atoms. The van der Waals surface area contributed by atoms with Gasteiger partial charge in [0, 0.05) is 58.4 Å². The van der Waals surface area contributed by atoms with E-state index in [4.69, 9.17) is 4.74 Å². The van der Waals surface area contributed by atoms with E-state index >= 15 is 0 Å². The first-order valence-corrected chi connectivity index (χ1v) is 9.10. The molecule has 1 aromatic heterocycles. The number of imidazole rings is 1. The molecule has 7 heteroatoms. The highest BCUT2D eigenvalue weighted by molar-refractivity contribution is 5.89.